The molecular weight excluding hydrogens is 419 g/mol. The van der Waals surface area contributed by atoms with Crippen LogP contribution in [-0.4, -0.2) is 45.4 Å². The van der Waals surface area contributed by atoms with Gasteiger partial charge < -0.3 is 10.2 Å². The maximum atomic E-state index is 13.1. The molecule has 30 heavy (non-hydrogen) atoms. The molecule has 3 rings (SSSR count). The van der Waals surface area contributed by atoms with Crippen molar-refractivity contribution < 1.29 is 18.0 Å². The molecule has 0 unspecified atom stereocenters. The van der Waals surface area contributed by atoms with Crippen LogP contribution in [0.4, 0.5) is 19.1 Å². The number of hydrogen-bond donors (Lipinski definition) is 1. The number of benzene rings is 1. The number of likely N-dealkylation sites (N-methyl/N-ethyl adjacent to an activating group) is 1. The second-order valence-electron chi connectivity index (χ2n) is 6.68. The lowest BCUT2D eigenvalue weighted by Crippen LogP contribution is -2.41. The van der Waals surface area contributed by atoms with E-state index in [1.807, 2.05) is 13.0 Å². The van der Waals surface area contributed by atoms with Crippen LogP contribution in [-0.2, 0) is 6.18 Å². The van der Waals surface area contributed by atoms with Crippen LogP contribution in [0.25, 0.3) is 10.9 Å². The molecule has 0 fully saturated rings. The van der Waals surface area contributed by atoms with Gasteiger partial charge in [0.2, 0.25) is 5.95 Å². The maximum absolute atomic E-state index is 13.1. The number of hydrogen-bond acceptors (Lipinski definition) is 5. The highest BCUT2D eigenvalue weighted by Gasteiger charge is 2.31. The summed E-state index contributed by atoms with van der Waals surface area (Å²) in [7, 11) is 1.65. The molecule has 0 aliphatic carbocycles. The highest BCUT2D eigenvalue weighted by Crippen LogP contribution is 2.28. The third kappa shape index (κ3) is 4.79. The minimum Gasteiger partial charge on any atom is -0.352 e. The Morgan fingerprint density at radius 2 is 1.93 bits per heavy atom. The van der Waals surface area contributed by atoms with Crippen molar-refractivity contribution in [2.24, 2.45) is 0 Å². The van der Waals surface area contributed by atoms with E-state index in [9.17, 15) is 18.0 Å². The molecule has 0 saturated carbocycles. The Kier molecular flexibility index (Phi) is 6.40. The van der Waals surface area contributed by atoms with E-state index >= 15 is 0 Å². The summed E-state index contributed by atoms with van der Waals surface area (Å²) in [4.78, 5) is 26.4. The molecule has 1 amide bonds. The Morgan fingerprint density at radius 1 is 1.23 bits per heavy atom. The highest BCUT2D eigenvalue weighted by molar-refractivity contribution is 6.32. The molecule has 2 aromatic heterocycles. The molecule has 3 aromatic rings. The summed E-state index contributed by atoms with van der Waals surface area (Å²) in [5.41, 5.74) is 0.00480. The number of amides is 1. The lowest BCUT2D eigenvalue weighted by molar-refractivity contribution is -0.138. The summed E-state index contributed by atoms with van der Waals surface area (Å²) in [6, 6.07) is 6.64. The van der Waals surface area contributed by atoms with Gasteiger partial charge in [-0.2, -0.15) is 13.2 Å². The van der Waals surface area contributed by atoms with E-state index in [2.05, 4.69) is 20.3 Å². The molecule has 0 bridgehead atoms. The Bertz CT molecular complexity index is 1040. The van der Waals surface area contributed by atoms with E-state index < -0.39 is 11.7 Å². The largest absolute Gasteiger partial charge is 0.419 e. The van der Waals surface area contributed by atoms with Crippen LogP contribution in [0.3, 0.4) is 0 Å². The highest BCUT2D eigenvalue weighted by atomic mass is 35.5. The zero-order valence-electron chi connectivity index (χ0n) is 16.2. The first kappa shape index (κ1) is 21.8. The second-order valence-corrected chi connectivity index (χ2v) is 7.12. The van der Waals surface area contributed by atoms with Crippen LogP contribution in [0.2, 0.25) is 5.02 Å². The van der Waals surface area contributed by atoms with Crippen LogP contribution in [0, 0.1) is 0 Å². The molecule has 0 saturated heterocycles. The fourth-order valence-corrected chi connectivity index (χ4v) is 3.23. The van der Waals surface area contributed by atoms with Gasteiger partial charge in [-0.25, -0.2) is 9.97 Å². The van der Waals surface area contributed by atoms with Crippen molar-refractivity contribution in [3.63, 3.8) is 0 Å². The van der Waals surface area contributed by atoms with Gasteiger partial charge in [-0.1, -0.05) is 24.6 Å². The minimum absolute atomic E-state index is 0.0529. The third-order valence-corrected chi connectivity index (χ3v) is 4.93. The number of pyridine rings is 1. The average molecular weight is 438 g/mol. The number of carbonyl (C=O) groups excluding carboxylic acids is 1. The Labute approximate surface area is 176 Å². The molecule has 0 aliphatic heterocycles. The van der Waals surface area contributed by atoms with E-state index in [0.29, 0.717) is 22.5 Å². The zero-order chi connectivity index (χ0) is 21.9. The number of halogens is 4. The number of nitrogens with zero attached hydrogens (tertiary/aromatic N) is 4. The van der Waals surface area contributed by atoms with Crippen LogP contribution in [0.1, 0.15) is 29.3 Å². The Morgan fingerprint density at radius 3 is 2.57 bits per heavy atom. The predicted octanol–water partition coefficient (Wildman–Crippen LogP) is 4.66. The molecular formula is C20H19ClF3N5O. The van der Waals surface area contributed by atoms with Gasteiger partial charge in [-0.15, -0.1) is 0 Å². The van der Waals surface area contributed by atoms with Crippen molar-refractivity contribution in [1.82, 2.24) is 19.9 Å². The van der Waals surface area contributed by atoms with Gasteiger partial charge >= 0.3 is 6.18 Å². The molecule has 0 aliphatic rings. The maximum Gasteiger partial charge on any atom is 0.419 e. The third-order valence-electron chi connectivity index (χ3n) is 4.71. The van der Waals surface area contributed by atoms with Gasteiger partial charge in [-0.3, -0.25) is 9.78 Å². The van der Waals surface area contributed by atoms with Crippen LogP contribution >= 0.6 is 11.6 Å². The summed E-state index contributed by atoms with van der Waals surface area (Å²) in [6.07, 6.45) is -0.857. The van der Waals surface area contributed by atoms with Crippen molar-refractivity contribution >= 4 is 34.4 Å². The minimum atomic E-state index is -4.50. The van der Waals surface area contributed by atoms with Gasteiger partial charge in [0.25, 0.3) is 5.91 Å². The first-order chi connectivity index (χ1) is 14.2. The van der Waals surface area contributed by atoms with E-state index in [-0.39, 0.29) is 24.4 Å². The molecule has 158 valence electrons. The van der Waals surface area contributed by atoms with Gasteiger partial charge in [-0.05, 0) is 24.6 Å². The number of nitrogens with one attached hydrogen (secondary N) is 1. The smallest absolute Gasteiger partial charge is 0.352 e. The Hall–Kier alpha value is -2.94. The van der Waals surface area contributed by atoms with Crippen LogP contribution in [0.15, 0.2) is 42.9 Å². The summed E-state index contributed by atoms with van der Waals surface area (Å²) in [5, 5.41) is 4.07. The predicted molar refractivity (Wildman–Crippen MR) is 108 cm³/mol. The average Bonchev–Trinajstić information content (AvgIpc) is 2.72. The van der Waals surface area contributed by atoms with Gasteiger partial charge in [0, 0.05) is 48.6 Å². The first-order valence-corrected chi connectivity index (χ1v) is 9.53. The molecule has 1 atom stereocenters. The number of aromatic nitrogens is 3. The molecule has 10 heteroatoms. The normalized spacial score (nSPS) is 12.6. The molecule has 0 spiro atoms. The van der Waals surface area contributed by atoms with E-state index in [1.54, 1.807) is 36.3 Å². The van der Waals surface area contributed by atoms with Gasteiger partial charge in [0.1, 0.15) is 0 Å². The number of anilines is 1. The number of alkyl halides is 3. The van der Waals surface area contributed by atoms with Crippen molar-refractivity contribution in [2.75, 3.05) is 18.9 Å². The Balaban J connectivity index is 1.75. The van der Waals surface area contributed by atoms with Crippen molar-refractivity contribution in [2.45, 2.75) is 25.6 Å². The summed E-state index contributed by atoms with van der Waals surface area (Å²) < 4.78 is 37.9. The zero-order valence-corrected chi connectivity index (χ0v) is 17.0. The van der Waals surface area contributed by atoms with E-state index in [1.165, 1.54) is 0 Å². The van der Waals surface area contributed by atoms with Crippen LogP contribution in [0.5, 0.6) is 0 Å². The van der Waals surface area contributed by atoms with Crippen molar-refractivity contribution in [1.29, 1.82) is 0 Å². The lowest BCUT2D eigenvalue weighted by Gasteiger charge is -2.28. The molecule has 0 radical (unpaired) electrons. The monoisotopic (exact) mass is 437 g/mol. The topological polar surface area (TPSA) is 71.0 Å². The number of carbonyl (C=O) groups is 1. The quantitative estimate of drug-likeness (QED) is 0.607. The molecule has 2 heterocycles. The van der Waals surface area contributed by atoms with Gasteiger partial charge in [0.05, 0.1) is 16.6 Å². The summed E-state index contributed by atoms with van der Waals surface area (Å²) >= 11 is 6.16. The summed E-state index contributed by atoms with van der Waals surface area (Å²) in [5.74, 6) is -0.208. The lowest BCUT2D eigenvalue weighted by atomic mass is 10.1. The number of fused-ring (bicyclic) bond motifs is 1. The van der Waals surface area contributed by atoms with Gasteiger partial charge in [0.15, 0.2) is 0 Å². The fraction of sp³-hybridized carbons (Fsp3) is 0.300. The van der Waals surface area contributed by atoms with E-state index in [0.717, 1.165) is 17.8 Å². The molecule has 6 nitrogen and oxygen atoms in total. The number of rotatable bonds is 6. The van der Waals surface area contributed by atoms with Crippen molar-refractivity contribution in [3.8, 4) is 0 Å². The summed E-state index contributed by atoms with van der Waals surface area (Å²) in [6.45, 7) is 2.16. The standard InChI is InChI=1S/C20H19ClF3N5O/c1-3-15(11-28-19-26-9-13(10-27-19)20(22,23)24)29(2)18(30)16-8-14(21)7-12-5-4-6-25-17(12)16/h4-10,15H,3,11H2,1-2H3,(H,26,27,28)/t15-/m0/s1. The molecule has 1 N–H and O–H groups in total. The molecule has 1 aromatic carbocycles. The van der Waals surface area contributed by atoms with Crippen molar-refractivity contribution in [3.05, 3.63) is 59.0 Å². The fourth-order valence-electron chi connectivity index (χ4n) is 3.00. The van der Waals surface area contributed by atoms with Crippen LogP contribution < -0.4 is 5.32 Å². The first-order valence-electron chi connectivity index (χ1n) is 9.15. The second kappa shape index (κ2) is 8.83. The van der Waals surface area contributed by atoms with E-state index in [4.69, 9.17) is 11.6 Å². The SMILES string of the molecule is CC[C@@H](CNc1ncc(C(F)(F)F)cn1)N(C)C(=O)c1cc(Cl)cc2cccnc12.